The molecule has 1 aromatic heterocycles. The predicted octanol–water partition coefficient (Wildman–Crippen LogP) is 2.03. The molecular formula is C17H19N3O3. The summed E-state index contributed by atoms with van der Waals surface area (Å²) in [5.41, 5.74) is 2.05. The molecule has 6 nitrogen and oxygen atoms in total. The highest BCUT2D eigenvalue weighted by molar-refractivity contribution is 5.92. The van der Waals surface area contributed by atoms with Crippen LogP contribution in [0.1, 0.15) is 29.9 Å². The number of hydrogen-bond donors (Lipinski definition) is 2. The largest absolute Gasteiger partial charge is 0.481 e. The first-order valence-corrected chi connectivity index (χ1v) is 7.75. The van der Waals surface area contributed by atoms with Crippen LogP contribution in [0.25, 0.3) is 0 Å². The van der Waals surface area contributed by atoms with Crippen LogP contribution in [0.5, 0.6) is 0 Å². The van der Waals surface area contributed by atoms with Crippen molar-refractivity contribution >= 4 is 17.6 Å². The summed E-state index contributed by atoms with van der Waals surface area (Å²) in [5, 5.41) is 11.6. The summed E-state index contributed by atoms with van der Waals surface area (Å²) in [6.45, 7) is 0.973. The number of fused-ring (bicyclic) bond motifs is 1. The van der Waals surface area contributed by atoms with E-state index in [1.807, 2.05) is 6.20 Å². The average molecular weight is 313 g/mol. The van der Waals surface area contributed by atoms with Gasteiger partial charge < -0.3 is 15.0 Å². The van der Waals surface area contributed by atoms with E-state index >= 15 is 0 Å². The van der Waals surface area contributed by atoms with Gasteiger partial charge in [-0.15, -0.1) is 0 Å². The number of nitrogens with one attached hydrogen (secondary N) is 1. The number of imidazole rings is 1. The zero-order valence-electron chi connectivity index (χ0n) is 12.8. The molecule has 2 heterocycles. The van der Waals surface area contributed by atoms with Crippen molar-refractivity contribution < 1.29 is 14.7 Å². The molecule has 0 unspecified atom stereocenters. The molecule has 0 radical (unpaired) electrons. The molecule has 1 aliphatic heterocycles. The molecule has 0 atom stereocenters. The van der Waals surface area contributed by atoms with E-state index in [9.17, 15) is 9.59 Å². The SMILES string of the molecule is O=C(O)Cc1cccc(NC(=O)Cc2cn3c(n2)CCCC3)c1. The van der Waals surface area contributed by atoms with E-state index in [-0.39, 0.29) is 18.7 Å². The summed E-state index contributed by atoms with van der Waals surface area (Å²) < 4.78 is 2.12. The van der Waals surface area contributed by atoms with Gasteiger partial charge in [-0.05, 0) is 30.5 Å². The van der Waals surface area contributed by atoms with Crippen molar-refractivity contribution in [1.82, 2.24) is 9.55 Å². The van der Waals surface area contributed by atoms with Gasteiger partial charge in [0.2, 0.25) is 5.91 Å². The normalized spacial score (nSPS) is 13.4. The van der Waals surface area contributed by atoms with Crippen LogP contribution in [0, 0.1) is 0 Å². The van der Waals surface area contributed by atoms with Crippen LogP contribution >= 0.6 is 0 Å². The van der Waals surface area contributed by atoms with E-state index in [4.69, 9.17) is 5.11 Å². The van der Waals surface area contributed by atoms with E-state index in [2.05, 4.69) is 14.9 Å². The van der Waals surface area contributed by atoms with Crippen molar-refractivity contribution in [1.29, 1.82) is 0 Å². The Bertz CT molecular complexity index is 713. The third-order valence-corrected chi connectivity index (χ3v) is 3.87. The van der Waals surface area contributed by atoms with Crippen molar-refractivity contribution in [2.24, 2.45) is 0 Å². The molecule has 0 fully saturated rings. The number of rotatable bonds is 5. The third kappa shape index (κ3) is 3.97. The highest BCUT2D eigenvalue weighted by Crippen LogP contribution is 2.16. The lowest BCUT2D eigenvalue weighted by atomic mass is 10.1. The van der Waals surface area contributed by atoms with E-state index < -0.39 is 5.97 Å². The Morgan fingerprint density at radius 1 is 1.26 bits per heavy atom. The maximum atomic E-state index is 12.2. The summed E-state index contributed by atoms with van der Waals surface area (Å²) in [6.07, 6.45) is 5.40. The monoisotopic (exact) mass is 313 g/mol. The summed E-state index contributed by atoms with van der Waals surface area (Å²) >= 11 is 0. The summed E-state index contributed by atoms with van der Waals surface area (Å²) in [7, 11) is 0. The first-order chi connectivity index (χ1) is 11.1. The molecule has 2 aromatic rings. The number of aryl methyl sites for hydroxylation is 2. The number of benzene rings is 1. The Kier molecular flexibility index (Phi) is 4.41. The van der Waals surface area contributed by atoms with Gasteiger partial charge in [-0.1, -0.05) is 12.1 Å². The fourth-order valence-corrected chi connectivity index (χ4v) is 2.86. The van der Waals surface area contributed by atoms with Crippen molar-refractivity contribution in [3.05, 3.63) is 47.5 Å². The third-order valence-electron chi connectivity index (χ3n) is 3.87. The molecule has 0 spiro atoms. The Morgan fingerprint density at radius 2 is 2.13 bits per heavy atom. The second-order valence-corrected chi connectivity index (χ2v) is 5.79. The lowest BCUT2D eigenvalue weighted by molar-refractivity contribution is -0.136. The minimum Gasteiger partial charge on any atom is -0.481 e. The molecule has 6 heteroatoms. The van der Waals surface area contributed by atoms with E-state index in [0.717, 1.165) is 37.3 Å². The fraction of sp³-hybridized carbons (Fsp3) is 0.353. The number of nitrogens with zero attached hydrogens (tertiary/aromatic N) is 2. The molecule has 3 rings (SSSR count). The van der Waals surface area contributed by atoms with Crippen LogP contribution in [0.2, 0.25) is 0 Å². The van der Waals surface area contributed by atoms with Gasteiger partial charge in [-0.3, -0.25) is 9.59 Å². The second kappa shape index (κ2) is 6.64. The molecule has 0 bridgehead atoms. The van der Waals surface area contributed by atoms with E-state index in [0.29, 0.717) is 11.3 Å². The van der Waals surface area contributed by atoms with Gasteiger partial charge in [0.1, 0.15) is 5.82 Å². The standard InChI is InChI=1S/C17H19N3O3/c21-16(10-14-11-20-7-2-1-6-15(20)18-14)19-13-5-3-4-12(8-13)9-17(22)23/h3-5,8,11H,1-2,6-7,9-10H2,(H,19,21)(H,22,23). The highest BCUT2D eigenvalue weighted by atomic mass is 16.4. The number of hydrogen-bond acceptors (Lipinski definition) is 3. The fourth-order valence-electron chi connectivity index (χ4n) is 2.86. The Balaban J connectivity index is 1.63. The van der Waals surface area contributed by atoms with Crippen LogP contribution in [0.15, 0.2) is 30.5 Å². The number of amides is 1. The van der Waals surface area contributed by atoms with Gasteiger partial charge in [-0.2, -0.15) is 0 Å². The molecule has 1 aliphatic rings. The van der Waals surface area contributed by atoms with Crippen molar-refractivity contribution in [2.75, 3.05) is 5.32 Å². The number of carboxylic acid groups (broad SMARTS) is 1. The van der Waals surface area contributed by atoms with Crippen LogP contribution < -0.4 is 5.32 Å². The number of carboxylic acids is 1. The van der Waals surface area contributed by atoms with Crippen molar-refractivity contribution in [2.45, 2.75) is 38.6 Å². The molecule has 1 aromatic carbocycles. The first-order valence-electron chi connectivity index (χ1n) is 7.75. The van der Waals surface area contributed by atoms with Crippen LogP contribution in [0.3, 0.4) is 0 Å². The van der Waals surface area contributed by atoms with Gasteiger partial charge >= 0.3 is 5.97 Å². The molecule has 0 saturated carbocycles. The summed E-state index contributed by atoms with van der Waals surface area (Å²) in [4.78, 5) is 27.4. The second-order valence-electron chi connectivity index (χ2n) is 5.79. The summed E-state index contributed by atoms with van der Waals surface area (Å²) in [6, 6.07) is 6.90. The lowest BCUT2D eigenvalue weighted by Crippen LogP contribution is -2.15. The molecular weight excluding hydrogens is 294 g/mol. The smallest absolute Gasteiger partial charge is 0.307 e. The number of carbonyl (C=O) groups is 2. The maximum Gasteiger partial charge on any atom is 0.307 e. The molecule has 2 N–H and O–H groups in total. The molecule has 1 amide bonds. The number of aromatic nitrogens is 2. The Hall–Kier alpha value is -2.63. The van der Waals surface area contributed by atoms with Gasteiger partial charge in [0, 0.05) is 24.8 Å². The quantitative estimate of drug-likeness (QED) is 0.884. The summed E-state index contributed by atoms with van der Waals surface area (Å²) in [5.74, 6) is 0.0208. The number of anilines is 1. The molecule has 23 heavy (non-hydrogen) atoms. The predicted molar refractivity (Wildman–Crippen MR) is 85.3 cm³/mol. The molecule has 0 aliphatic carbocycles. The van der Waals surface area contributed by atoms with Gasteiger partial charge in [0.25, 0.3) is 0 Å². The molecule has 120 valence electrons. The maximum absolute atomic E-state index is 12.2. The molecule has 0 saturated heterocycles. The first kappa shape index (κ1) is 15.3. The van der Waals surface area contributed by atoms with E-state index in [1.165, 1.54) is 0 Å². The van der Waals surface area contributed by atoms with Crippen LogP contribution in [0.4, 0.5) is 5.69 Å². The Morgan fingerprint density at radius 3 is 2.91 bits per heavy atom. The van der Waals surface area contributed by atoms with Gasteiger partial charge in [0.05, 0.1) is 18.5 Å². The number of aliphatic carboxylic acids is 1. The van der Waals surface area contributed by atoms with Crippen LogP contribution in [-0.2, 0) is 35.4 Å². The average Bonchev–Trinajstić information content (AvgIpc) is 2.88. The Labute approximate surface area is 134 Å². The minimum absolute atomic E-state index is 0.0581. The van der Waals surface area contributed by atoms with Gasteiger partial charge in [0.15, 0.2) is 0 Å². The lowest BCUT2D eigenvalue weighted by Gasteiger charge is -2.11. The number of carbonyl (C=O) groups excluding carboxylic acids is 1. The van der Waals surface area contributed by atoms with Gasteiger partial charge in [-0.25, -0.2) is 4.98 Å². The van der Waals surface area contributed by atoms with Crippen molar-refractivity contribution in [3.8, 4) is 0 Å². The zero-order valence-corrected chi connectivity index (χ0v) is 12.8. The van der Waals surface area contributed by atoms with Crippen LogP contribution in [-0.4, -0.2) is 26.5 Å². The zero-order chi connectivity index (χ0) is 16.2. The van der Waals surface area contributed by atoms with Crippen molar-refractivity contribution in [3.63, 3.8) is 0 Å². The topological polar surface area (TPSA) is 84.2 Å². The highest BCUT2D eigenvalue weighted by Gasteiger charge is 2.14. The van der Waals surface area contributed by atoms with E-state index in [1.54, 1.807) is 24.3 Å². The minimum atomic E-state index is -0.892.